The van der Waals surface area contributed by atoms with Crippen molar-refractivity contribution < 1.29 is 9.50 Å². The molecule has 1 aliphatic carbocycles. The molecule has 0 heterocycles. The van der Waals surface area contributed by atoms with E-state index in [-0.39, 0.29) is 11.4 Å². The van der Waals surface area contributed by atoms with Gasteiger partial charge in [-0.3, -0.25) is 0 Å². The number of aryl methyl sites for hydroxylation is 1. The van der Waals surface area contributed by atoms with Crippen LogP contribution in [0.4, 0.5) is 4.39 Å². The smallest absolute Gasteiger partial charge is 0.126 e. The molecule has 1 aromatic rings. The molecule has 0 radical (unpaired) electrons. The lowest BCUT2D eigenvalue weighted by atomic mass is 9.70. The van der Waals surface area contributed by atoms with Gasteiger partial charge in [-0.15, -0.1) is 0 Å². The maximum absolute atomic E-state index is 13.8. The van der Waals surface area contributed by atoms with Crippen molar-refractivity contribution in [2.45, 2.75) is 51.2 Å². The lowest BCUT2D eigenvalue weighted by Crippen LogP contribution is -2.52. The molecule has 20 heavy (non-hydrogen) atoms. The van der Waals surface area contributed by atoms with Crippen molar-refractivity contribution in [3.63, 3.8) is 0 Å². The molecular weight excluding hydrogens is 253 g/mol. The number of hydrogen-bond donors (Lipinski definition) is 1. The van der Waals surface area contributed by atoms with Crippen LogP contribution < -0.4 is 0 Å². The predicted octanol–water partition coefficient (Wildman–Crippen LogP) is 3.68. The van der Waals surface area contributed by atoms with E-state index >= 15 is 0 Å². The first-order valence-electron chi connectivity index (χ1n) is 7.48. The van der Waals surface area contributed by atoms with E-state index in [9.17, 15) is 9.50 Å². The van der Waals surface area contributed by atoms with Crippen LogP contribution in [0.1, 0.15) is 49.8 Å². The van der Waals surface area contributed by atoms with Crippen molar-refractivity contribution in [2.24, 2.45) is 5.92 Å². The Hall–Kier alpha value is -0.930. The number of nitrogens with zero attached hydrogens (tertiary/aromatic N) is 1. The molecule has 0 amide bonds. The topological polar surface area (TPSA) is 23.5 Å². The summed E-state index contributed by atoms with van der Waals surface area (Å²) in [6.07, 6.45) is 3.60. The highest BCUT2D eigenvalue weighted by Gasteiger charge is 2.43. The fourth-order valence-electron chi connectivity index (χ4n) is 3.55. The highest BCUT2D eigenvalue weighted by molar-refractivity contribution is 5.27. The van der Waals surface area contributed by atoms with Crippen LogP contribution in [0.3, 0.4) is 0 Å². The van der Waals surface area contributed by atoms with Gasteiger partial charge in [-0.1, -0.05) is 31.9 Å². The molecule has 2 rings (SSSR count). The van der Waals surface area contributed by atoms with E-state index in [1.54, 1.807) is 13.0 Å². The van der Waals surface area contributed by atoms with E-state index < -0.39 is 6.10 Å². The Labute approximate surface area is 121 Å². The number of benzene rings is 1. The molecule has 0 bridgehead atoms. The second kappa shape index (κ2) is 5.82. The summed E-state index contributed by atoms with van der Waals surface area (Å²) < 4.78 is 13.8. The summed E-state index contributed by atoms with van der Waals surface area (Å²) in [5.74, 6) is 0.357. The Morgan fingerprint density at radius 2 is 2.10 bits per heavy atom. The summed E-state index contributed by atoms with van der Waals surface area (Å²) in [5, 5.41) is 10.9. The third-order valence-electron chi connectivity index (χ3n) is 4.92. The summed E-state index contributed by atoms with van der Waals surface area (Å²) in [4.78, 5) is 2.13. The minimum Gasteiger partial charge on any atom is -0.386 e. The standard InChI is InChI=1S/C17H26FNO/c1-12-6-5-9-17(11-12,19(3)4)16(20)14-8-7-13(2)15(18)10-14/h7-8,10,12,16,20H,5-6,9,11H2,1-4H3. The molecule has 0 aromatic heterocycles. The zero-order valence-electron chi connectivity index (χ0n) is 13.0. The highest BCUT2D eigenvalue weighted by Crippen LogP contribution is 2.44. The minimum absolute atomic E-state index is 0.237. The van der Waals surface area contributed by atoms with Crippen molar-refractivity contribution in [1.29, 1.82) is 0 Å². The van der Waals surface area contributed by atoms with E-state index in [1.165, 1.54) is 12.5 Å². The first-order valence-corrected chi connectivity index (χ1v) is 7.48. The molecular formula is C17H26FNO. The summed E-state index contributed by atoms with van der Waals surface area (Å²) >= 11 is 0. The number of hydrogen-bond acceptors (Lipinski definition) is 2. The minimum atomic E-state index is -0.643. The van der Waals surface area contributed by atoms with Crippen LogP contribution in [0.2, 0.25) is 0 Å². The molecule has 1 N–H and O–H groups in total. The van der Waals surface area contributed by atoms with Crippen LogP contribution in [0.15, 0.2) is 18.2 Å². The molecule has 112 valence electrons. The average molecular weight is 279 g/mol. The van der Waals surface area contributed by atoms with Crippen molar-refractivity contribution in [2.75, 3.05) is 14.1 Å². The summed E-state index contributed by atoms with van der Waals surface area (Å²) in [6.45, 7) is 3.98. The van der Waals surface area contributed by atoms with Crippen LogP contribution in [-0.4, -0.2) is 29.6 Å². The Balaban J connectivity index is 2.35. The third kappa shape index (κ3) is 2.75. The molecule has 0 aliphatic heterocycles. The lowest BCUT2D eigenvalue weighted by Gasteiger charge is -2.48. The van der Waals surface area contributed by atoms with E-state index in [0.717, 1.165) is 19.3 Å². The summed E-state index contributed by atoms with van der Waals surface area (Å²) in [5.41, 5.74) is 1.03. The van der Waals surface area contributed by atoms with Crippen LogP contribution in [-0.2, 0) is 0 Å². The van der Waals surface area contributed by atoms with Gasteiger partial charge in [-0.25, -0.2) is 4.39 Å². The van der Waals surface area contributed by atoms with Gasteiger partial charge in [0.05, 0.1) is 11.6 Å². The zero-order valence-corrected chi connectivity index (χ0v) is 13.0. The van der Waals surface area contributed by atoms with Crippen LogP contribution in [0, 0.1) is 18.7 Å². The molecule has 1 aliphatic rings. The molecule has 1 fully saturated rings. The van der Waals surface area contributed by atoms with E-state index in [4.69, 9.17) is 0 Å². The molecule has 3 unspecified atom stereocenters. The summed E-state index contributed by atoms with van der Waals surface area (Å²) in [7, 11) is 4.04. The Morgan fingerprint density at radius 3 is 2.65 bits per heavy atom. The molecule has 3 heteroatoms. The van der Waals surface area contributed by atoms with Crippen molar-refractivity contribution >= 4 is 0 Å². The van der Waals surface area contributed by atoms with Gasteiger partial charge in [0.1, 0.15) is 5.82 Å². The average Bonchev–Trinajstić information content (AvgIpc) is 2.40. The van der Waals surface area contributed by atoms with Gasteiger partial charge in [-0.2, -0.15) is 0 Å². The Kier molecular flexibility index (Phi) is 4.50. The lowest BCUT2D eigenvalue weighted by molar-refractivity contribution is -0.0452. The van der Waals surface area contributed by atoms with E-state index in [1.807, 2.05) is 20.2 Å². The monoisotopic (exact) mass is 279 g/mol. The molecule has 3 atom stereocenters. The molecule has 2 nitrogen and oxygen atoms in total. The number of aliphatic hydroxyl groups excluding tert-OH is 1. The van der Waals surface area contributed by atoms with Gasteiger partial charge in [0.2, 0.25) is 0 Å². The SMILES string of the molecule is Cc1ccc(C(O)C2(N(C)C)CCCC(C)C2)cc1F. The number of halogens is 1. The largest absolute Gasteiger partial charge is 0.386 e. The second-order valence-corrected chi connectivity index (χ2v) is 6.61. The maximum atomic E-state index is 13.8. The van der Waals surface area contributed by atoms with Crippen molar-refractivity contribution in [3.8, 4) is 0 Å². The van der Waals surface area contributed by atoms with E-state index in [0.29, 0.717) is 17.0 Å². The second-order valence-electron chi connectivity index (χ2n) is 6.61. The van der Waals surface area contributed by atoms with Gasteiger partial charge < -0.3 is 10.0 Å². The van der Waals surface area contributed by atoms with Crippen molar-refractivity contribution in [3.05, 3.63) is 35.1 Å². The Morgan fingerprint density at radius 1 is 1.40 bits per heavy atom. The summed E-state index contributed by atoms with van der Waals surface area (Å²) in [6, 6.07) is 5.10. The first kappa shape index (κ1) is 15.5. The Bertz CT molecular complexity index is 474. The van der Waals surface area contributed by atoms with Gasteiger partial charge in [0.15, 0.2) is 0 Å². The van der Waals surface area contributed by atoms with Crippen molar-refractivity contribution in [1.82, 2.24) is 4.90 Å². The van der Waals surface area contributed by atoms with Gasteiger partial charge in [0, 0.05) is 0 Å². The molecule has 0 saturated heterocycles. The molecule has 1 saturated carbocycles. The predicted molar refractivity (Wildman–Crippen MR) is 80.1 cm³/mol. The maximum Gasteiger partial charge on any atom is 0.126 e. The first-order chi connectivity index (χ1) is 9.36. The normalized spacial score (nSPS) is 28.6. The molecule has 1 aromatic carbocycles. The van der Waals surface area contributed by atoms with Crippen LogP contribution in [0.5, 0.6) is 0 Å². The van der Waals surface area contributed by atoms with Gasteiger partial charge in [-0.05, 0) is 57.0 Å². The fourth-order valence-corrected chi connectivity index (χ4v) is 3.55. The van der Waals surface area contributed by atoms with Crippen LogP contribution in [0.25, 0.3) is 0 Å². The quantitative estimate of drug-likeness (QED) is 0.912. The van der Waals surface area contributed by atoms with E-state index in [2.05, 4.69) is 11.8 Å². The fraction of sp³-hybridized carbons (Fsp3) is 0.647. The van der Waals surface area contributed by atoms with Gasteiger partial charge in [0.25, 0.3) is 0 Å². The zero-order chi connectivity index (χ0) is 14.9. The molecule has 0 spiro atoms. The van der Waals surface area contributed by atoms with Crippen LogP contribution >= 0.6 is 0 Å². The third-order valence-corrected chi connectivity index (χ3v) is 4.92. The van der Waals surface area contributed by atoms with Gasteiger partial charge >= 0.3 is 0 Å². The number of aliphatic hydroxyl groups is 1. The number of rotatable bonds is 3. The number of likely N-dealkylation sites (N-methyl/N-ethyl adjacent to an activating group) is 1. The highest BCUT2D eigenvalue weighted by atomic mass is 19.1.